The zero-order valence-corrected chi connectivity index (χ0v) is 18.2. The Hall–Kier alpha value is 0.0300. The fourth-order valence-corrected chi connectivity index (χ4v) is 5.77. The molecule has 0 saturated heterocycles. The second-order valence-electron chi connectivity index (χ2n) is 4.77. The molecular weight excluding hydrogens is 647 g/mol. The molecule has 1 aromatic carbocycles. The van der Waals surface area contributed by atoms with Gasteiger partial charge in [0.25, 0.3) is 5.91 Å². The van der Waals surface area contributed by atoms with E-state index in [4.69, 9.17) is 17.2 Å². The molecule has 3 unspecified atom stereocenters. The first-order chi connectivity index (χ1) is 10.4. The number of carbonyl (C=O) groups is 2. The molecule has 1 aromatic rings. The van der Waals surface area contributed by atoms with Gasteiger partial charge in [-0.15, -0.1) is 0 Å². The molecule has 0 saturated carbocycles. The number of primary amides is 1. The number of hydrogen-bond donors (Lipinski definition) is 6. The maximum absolute atomic E-state index is 12.4. The number of anilines is 2. The van der Waals surface area contributed by atoms with Gasteiger partial charge in [-0.05, 0) is 74.7 Å². The molecule has 0 aliphatic rings. The summed E-state index contributed by atoms with van der Waals surface area (Å²) in [5, 5.41) is 29.9. The van der Waals surface area contributed by atoms with Crippen molar-refractivity contribution in [3.8, 4) is 0 Å². The molecule has 0 bridgehead atoms. The summed E-state index contributed by atoms with van der Waals surface area (Å²) in [5.41, 5.74) is 14.3. The van der Waals surface area contributed by atoms with Crippen LogP contribution < -0.4 is 17.2 Å². The summed E-state index contributed by atoms with van der Waals surface area (Å²) in [6.45, 7) is 1.14. The van der Waals surface area contributed by atoms with Gasteiger partial charge in [0.2, 0.25) is 11.4 Å². The zero-order chi connectivity index (χ0) is 18.3. The first-order valence-electron chi connectivity index (χ1n) is 6.03. The van der Waals surface area contributed by atoms with Gasteiger partial charge in [0, 0.05) is 12.7 Å². The number of amides is 1. The minimum atomic E-state index is -2.88. The first kappa shape index (κ1) is 21.1. The number of rotatable bonds is 5. The normalized spacial score (nSPS) is 16.5. The molecule has 23 heavy (non-hydrogen) atoms. The molecule has 9 N–H and O–H groups in total. The number of ketones is 1. The van der Waals surface area contributed by atoms with Crippen LogP contribution in [0.2, 0.25) is 0 Å². The van der Waals surface area contributed by atoms with Crippen LogP contribution in [0, 0.1) is 10.7 Å². The summed E-state index contributed by atoms with van der Waals surface area (Å²) in [4.78, 5) is 24.3. The Labute approximate surface area is 172 Å². The smallest absolute Gasteiger partial charge is 0.262 e. The topological polar surface area (TPSA) is 173 Å². The van der Waals surface area contributed by atoms with E-state index in [1.165, 1.54) is 0 Å². The van der Waals surface area contributed by atoms with Crippen molar-refractivity contribution in [1.82, 2.24) is 0 Å². The van der Waals surface area contributed by atoms with Gasteiger partial charge in [-0.25, -0.2) is 0 Å². The highest BCUT2D eigenvalue weighted by Crippen LogP contribution is 2.41. The molecule has 11 heteroatoms. The minimum Gasteiger partial charge on any atom is -0.397 e. The quantitative estimate of drug-likeness (QED) is 0.142. The van der Waals surface area contributed by atoms with Crippen LogP contribution in [0.4, 0.5) is 11.4 Å². The summed E-state index contributed by atoms with van der Waals surface area (Å²) in [5.74, 6) is -2.76. The average molecular weight is 661 g/mol. The van der Waals surface area contributed by atoms with Crippen molar-refractivity contribution in [3.05, 3.63) is 16.3 Å². The molecule has 0 fully saturated rings. The van der Waals surface area contributed by atoms with Gasteiger partial charge in [0.15, 0.2) is 0 Å². The lowest BCUT2D eigenvalue weighted by Gasteiger charge is -2.30. The molecule has 0 aliphatic heterocycles. The van der Waals surface area contributed by atoms with Gasteiger partial charge in [-0.3, -0.25) is 9.59 Å². The van der Waals surface area contributed by atoms with Crippen LogP contribution >= 0.6 is 67.8 Å². The van der Waals surface area contributed by atoms with E-state index in [0.717, 1.165) is 6.92 Å². The molecule has 8 nitrogen and oxygen atoms in total. The van der Waals surface area contributed by atoms with Crippen LogP contribution in [0.1, 0.15) is 12.5 Å². The van der Waals surface area contributed by atoms with E-state index in [0.29, 0.717) is 3.57 Å². The SMILES string of the molecule is CC(O)C(O)C(=O)C(O)(C(N)=O)c1c(I)c(N)c(I)c(N)c1I. The standard InChI is InChI=1S/C12H14I3N3O5/c1-2(19)9(20)10(21)12(23,11(18)22)3-4(13)7(16)6(15)8(17)5(3)14/h2,9,19-20,23H,16-17H2,1H3,(H2,18,22). The second-order valence-corrected chi connectivity index (χ2v) is 8.00. The third-order valence-corrected chi connectivity index (χ3v) is 6.59. The molecule has 1 amide bonds. The van der Waals surface area contributed by atoms with Crippen molar-refractivity contribution in [2.24, 2.45) is 5.73 Å². The van der Waals surface area contributed by atoms with Crippen molar-refractivity contribution in [1.29, 1.82) is 0 Å². The van der Waals surface area contributed by atoms with Crippen LogP contribution in [-0.4, -0.2) is 39.2 Å². The Kier molecular flexibility index (Phi) is 6.88. The molecule has 0 aromatic heterocycles. The maximum atomic E-state index is 12.4. The Morgan fingerprint density at radius 3 is 1.74 bits per heavy atom. The minimum absolute atomic E-state index is 0.165. The van der Waals surface area contributed by atoms with E-state index >= 15 is 0 Å². The number of hydrogen-bond acceptors (Lipinski definition) is 7. The summed E-state index contributed by atoms with van der Waals surface area (Å²) >= 11 is 5.39. The molecular formula is C12H14I3N3O5. The number of benzene rings is 1. The number of aliphatic hydroxyl groups excluding tert-OH is 2. The largest absolute Gasteiger partial charge is 0.397 e. The lowest BCUT2D eigenvalue weighted by atomic mass is 9.84. The molecule has 0 heterocycles. The van der Waals surface area contributed by atoms with Gasteiger partial charge in [0.1, 0.15) is 6.10 Å². The van der Waals surface area contributed by atoms with Crippen molar-refractivity contribution < 1.29 is 24.9 Å². The second kappa shape index (κ2) is 7.51. The predicted octanol–water partition coefficient (Wildman–Crippen LogP) is -0.352. The lowest BCUT2D eigenvalue weighted by Crippen LogP contribution is -2.55. The predicted molar refractivity (Wildman–Crippen MR) is 109 cm³/mol. The van der Waals surface area contributed by atoms with E-state index in [2.05, 4.69) is 0 Å². The van der Waals surface area contributed by atoms with E-state index in [-0.39, 0.29) is 24.1 Å². The van der Waals surface area contributed by atoms with Crippen LogP contribution in [-0.2, 0) is 15.2 Å². The van der Waals surface area contributed by atoms with Crippen molar-refractivity contribution in [2.75, 3.05) is 11.5 Å². The van der Waals surface area contributed by atoms with Gasteiger partial charge < -0.3 is 32.5 Å². The number of carbonyl (C=O) groups excluding carboxylic acids is 2. The van der Waals surface area contributed by atoms with Crippen molar-refractivity contribution in [2.45, 2.75) is 24.7 Å². The number of aliphatic hydroxyl groups is 3. The highest BCUT2D eigenvalue weighted by Gasteiger charge is 2.51. The van der Waals surface area contributed by atoms with Crippen LogP contribution in [0.3, 0.4) is 0 Å². The fourth-order valence-electron chi connectivity index (χ4n) is 1.82. The fraction of sp³-hybridized carbons (Fsp3) is 0.333. The number of nitrogens with two attached hydrogens (primary N) is 3. The molecule has 3 atom stereocenters. The number of Topliss-reactive ketones (excluding diaryl/α,β-unsaturated/α-hetero) is 1. The van der Waals surface area contributed by atoms with Gasteiger partial charge >= 0.3 is 0 Å². The Morgan fingerprint density at radius 1 is 1.04 bits per heavy atom. The van der Waals surface area contributed by atoms with E-state index in [9.17, 15) is 24.9 Å². The Bertz CT molecular complexity index is 653. The summed E-state index contributed by atoms with van der Waals surface area (Å²) in [6.07, 6.45) is -3.52. The van der Waals surface area contributed by atoms with E-state index < -0.39 is 29.5 Å². The lowest BCUT2D eigenvalue weighted by molar-refractivity contribution is -0.160. The van der Waals surface area contributed by atoms with Gasteiger partial charge in [-0.2, -0.15) is 0 Å². The highest BCUT2D eigenvalue weighted by atomic mass is 127. The van der Waals surface area contributed by atoms with Crippen molar-refractivity contribution >= 4 is 90.8 Å². The number of nitrogen functional groups attached to an aromatic ring is 2. The first-order valence-corrected chi connectivity index (χ1v) is 9.27. The van der Waals surface area contributed by atoms with Gasteiger partial charge in [-0.1, -0.05) is 0 Å². The molecule has 0 radical (unpaired) electrons. The highest BCUT2D eigenvalue weighted by molar-refractivity contribution is 14.1. The van der Waals surface area contributed by atoms with Crippen LogP contribution in [0.15, 0.2) is 0 Å². The molecule has 0 spiro atoms. The monoisotopic (exact) mass is 661 g/mol. The third-order valence-electron chi connectivity index (χ3n) is 3.19. The molecule has 1 rings (SSSR count). The van der Waals surface area contributed by atoms with E-state index in [1.807, 2.05) is 22.6 Å². The van der Waals surface area contributed by atoms with Crippen LogP contribution in [0.25, 0.3) is 0 Å². The number of halogens is 3. The third kappa shape index (κ3) is 3.53. The molecule has 128 valence electrons. The average Bonchev–Trinajstić information content (AvgIpc) is 2.48. The Morgan fingerprint density at radius 2 is 1.43 bits per heavy atom. The zero-order valence-electron chi connectivity index (χ0n) is 11.7. The summed E-state index contributed by atoms with van der Waals surface area (Å²) in [6, 6.07) is 0. The van der Waals surface area contributed by atoms with Crippen molar-refractivity contribution in [3.63, 3.8) is 0 Å². The summed E-state index contributed by atoms with van der Waals surface area (Å²) in [7, 11) is 0. The Balaban J connectivity index is 3.80. The van der Waals surface area contributed by atoms with Crippen LogP contribution in [0.5, 0.6) is 0 Å². The van der Waals surface area contributed by atoms with E-state index in [1.54, 1.807) is 45.2 Å². The maximum Gasteiger partial charge on any atom is 0.262 e. The summed E-state index contributed by atoms with van der Waals surface area (Å²) < 4.78 is 0.909. The molecule has 0 aliphatic carbocycles. The van der Waals surface area contributed by atoms with Gasteiger partial charge in [0.05, 0.1) is 21.0 Å².